The van der Waals surface area contributed by atoms with Crippen molar-refractivity contribution in [1.82, 2.24) is 4.98 Å². The van der Waals surface area contributed by atoms with E-state index in [0.717, 1.165) is 55.7 Å². The number of pyridine rings is 1. The number of aryl methyl sites for hydroxylation is 1. The zero-order valence-corrected chi connectivity index (χ0v) is 21.9. The van der Waals surface area contributed by atoms with Gasteiger partial charge in [0, 0.05) is 11.8 Å². The number of hydrogen-bond donors (Lipinski definition) is 0. The number of rotatable bonds is 20. The molecule has 34 heavy (non-hydrogen) atoms. The first-order chi connectivity index (χ1) is 16.7. The molecular formula is C31H48FNO. The van der Waals surface area contributed by atoms with Crippen molar-refractivity contribution in [3.63, 3.8) is 0 Å². The lowest BCUT2D eigenvalue weighted by Crippen LogP contribution is -2.01. The standard InChI is InChI=1S/C31H48FNO/c1-3-5-7-9-10-12-14-25-34-30-22-20-28(21-23-30)31-24-19-27(26-33-31)16-15-18-29(32)17-13-11-8-6-4-2/h19-24,26,29H,3-18,25H2,1-2H3. The van der Waals surface area contributed by atoms with Gasteiger partial charge in [-0.1, -0.05) is 90.5 Å². The van der Waals surface area contributed by atoms with Gasteiger partial charge in [0.2, 0.25) is 0 Å². The van der Waals surface area contributed by atoms with Crippen LogP contribution < -0.4 is 4.74 Å². The van der Waals surface area contributed by atoms with Gasteiger partial charge in [-0.3, -0.25) is 4.98 Å². The zero-order chi connectivity index (χ0) is 24.3. The number of ether oxygens (including phenoxy) is 1. The number of hydrogen-bond acceptors (Lipinski definition) is 2. The SMILES string of the molecule is CCCCCCCCCOc1ccc(-c2ccc(CCCC(F)CCCCCCC)cn2)cc1. The van der Waals surface area contributed by atoms with Gasteiger partial charge in [-0.15, -0.1) is 0 Å². The third kappa shape index (κ3) is 12.5. The fourth-order valence-electron chi connectivity index (χ4n) is 4.36. The summed E-state index contributed by atoms with van der Waals surface area (Å²) in [6.45, 7) is 5.26. The molecule has 1 unspecified atom stereocenters. The Morgan fingerprint density at radius 2 is 1.32 bits per heavy atom. The van der Waals surface area contributed by atoms with Crippen molar-refractivity contribution >= 4 is 0 Å². The minimum Gasteiger partial charge on any atom is -0.494 e. The van der Waals surface area contributed by atoms with Gasteiger partial charge in [0.1, 0.15) is 11.9 Å². The highest BCUT2D eigenvalue weighted by Crippen LogP contribution is 2.22. The second-order valence-electron chi connectivity index (χ2n) is 9.74. The molecule has 0 bridgehead atoms. The van der Waals surface area contributed by atoms with Crippen LogP contribution in [0.3, 0.4) is 0 Å². The van der Waals surface area contributed by atoms with Gasteiger partial charge in [-0.25, -0.2) is 4.39 Å². The van der Waals surface area contributed by atoms with Crippen molar-refractivity contribution in [3.05, 3.63) is 48.2 Å². The summed E-state index contributed by atoms with van der Waals surface area (Å²) in [7, 11) is 0. The number of unbranched alkanes of at least 4 members (excludes halogenated alkanes) is 10. The molecule has 0 saturated heterocycles. The molecule has 0 saturated carbocycles. The Morgan fingerprint density at radius 3 is 1.97 bits per heavy atom. The minimum atomic E-state index is -0.652. The molecular weight excluding hydrogens is 421 g/mol. The van der Waals surface area contributed by atoms with E-state index in [0.29, 0.717) is 6.42 Å². The van der Waals surface area contributed by atoms with E-state index < -0.39 is 6.17 Å². The summed E-state index contributed by atoms with van der Waals surface area (Å²) < 4.78 is 20.0. The van der Waals surface area contributed by atoms with Gasteiger partial charge in [-0.05, 0) is 68.0 Å². The molecule has 2 rings (SSSR count). The molecule has 0 aliphatic heterocycles. The van der Waals surface area contributed by atoms with Crippen molar-refractivity contribution < 1.29 is 9.13 Å². The average molecular weight is 470 g/mol. The number of nitrogens with zero attached hydrogens (tertiary/aromatic N) is 1. The van der Waals surface area contributed by atoms with E-state index >= 15 is 0 Å². The summed E-state index contributed by atoms with van der Waals surface area (Å²) in [6.07, 6.45) is 19.5. The first-order valence-corrected chi connectivity index (χ1v) is 14.0. The number of aromatic nitrogens is 1. The lowest BCUT2D eigenvalue weighted by Gasteiger charge is -2.09. The number of halogens is 1. The minimum absolute atomic E-state index is 0.652. The maximum Gasteiger partial charge on any atom is 0.119 e. The van der Waals surface area contributed by atoms with E-state index in [9.17, 15) is 4.39 Å². The lowest BCUT2D eigenvalue weighted by atomic mass is 10.0. The Hall–Kier alpha value is -1.90. The predicted molar refractivity (Wildman–Crippen MR) is 144 cm³/mol. The average Bonchev–Trinajstić information content (AvgIpc) is 2.86. The molecule has 190 valence electrons. The largest absolute Gasteiger partial charge is 0.494 e. The van der Waals surface area contributed by atoms with Gasteiger partial charge in [0.15, 0.2) is 0 Å². The summed E-state index contributed by atoms with van der Waals surface area (Å²) in [5.74, 6) is 0.928. The van der Waals surface area contributed by atoms with Crippen LogP contribution in [0.4, 0.5) is 4.39 Å². The van der Waals surface area contributed by atoms with Crippen LogP contribution in [0, 0.1) is 0 Å². The third-order valence-corrected chi connectivity index (χ3v) is 6.60. The Morgan fingerprint density at radius 1 is 0.706 bits per heavy atom. The van der Waals surface area contributed by atoms with Crippen LogP contribution >= 0.6 is 0 Å². The van der Waals surface area contributed by atoms with Crippen molar-refractivity contribution in [2.45, 2.75) is 123 Å². The van der Waals surface area contributed by atoms with Crippen molar-refractivity contribution in [1.29, 1.82) is 0 Å². The molecule has 1 aromatic heterocycles. The molecule has 1 atom stereocenters. The van der Waals surface area contributed by atoms with Crippen LogP contribution in [0.2, 0.25) is 0 Å². The van der Waals surface area contributed by atoms with E-state index in [1.54, 1.807) is 0 Å². The first-order valence-electron chi connectivity index (χ1n) is 14.0. The van der Waals surface area contributed by atoms with Gasteiger partial charge in [-0.2, -0.15) is 0 Å². The molecule has 0 fully saturated rings. The summed E-state index contributed by atoms with van der Waals surface area (Å²) in [6, 6.07) is 12.4. The van der Waals surface area contributed by atoms with Crippen molar-refractivity contribution in [3.8, 4) is 17.0 Å². The van der Waals surface area contributed by atoms with E-state index in [-0.39, 0.29) is 0 Å². The molecule has 2 nitrogen and oxygen atoms in total. The Kier molecular flexibility index (Phi) is 15.4. The van der Waals surface area contributed by atoms with Crippen LogP contribution in [0.5, 0.6) is 5.75 Å². The van der Waals surface area contributed by atoms with E-state index in [4.69, 9.17) is 4.74 Å². The van der Waals surface area contributed by atoms with Crippen molar-refractivity contribution in [2.24, 2.45) is 0 Å². The smallest absolute Gasteiger partial charge is 0.119 e. The zero-order valence-electron chi connectivity index (χ0n) is 21.9. The van der Waals surface area contributed by atoms with Crippen LogP contribution in [-0.2, 0) is 6.42 Å². The summed E-state index contributed by atoms with van der Waals surface area (Å²) in [5, 5.41) is 0. The Bertz CT molecular complexity index is 728. The van der Waals surface area contributed by atoms with Crippen LogP contribution in [0.1, 0.15) is 116 Å². The highest BCUT2D eigenvalue weighted by atomic mass is 19.1. The number of alkyl halides is 1. The Balaban J connectivity index is 1.62. The van der Waals surface area contributed by atoms with E-state index in [1.165, 1.54) is 69.8 Å². The topological polar surface area (TPSA) is 22.1 Å². The summed E-state index contributed by atoms with van der Waals surface area (Å²) >= 11 is 0. The van der Waals surface area contributed by atoms with Crippen LogP contribution in [0.15, 0.2) is 42.6 Å². The fourth-order valence-corrected chi connectivity index (χ4v) is 4.36. The monoisotopic (exact) mass is 469 g/mol. The van der Waals surface area contributed by atoms with Crippen LogP contribution in [0.25, 0.3) is 11.3 Å². The van der Waals surface area contributed by atoms with E-state index in [2.05, 4.69) is 43.1 Å². The highest BCUT2D eigenvalue weighted by molar-refractivity contribution is 5.60. The normalized spacial score (nSPS) is 12.1. The molecule has 0 spiro atoms. The van der Waals surface area contributed by atoms with Gasteiger partial charge in [0.05, 0.1) is 12.3 Å². The fraction of sp³-hybridized carbons (Fsp3) is 0.645. The van der Waals surface area contributed by atoms with Gasteiger partial charge in [0.25, 0.3) is 0 Å². The molecule has 0 aliphatic carbocycles. The quantitative estimate of drug-likeness (QED) is 0.180. The molecule has 2 aromatic rings. The van der Waals surface area contributed by atoms with Crippen LogP contribution in [-0.4, -0.2) is 17.8 Å². The molecule has 3 heteroatoms. The first kappa shape index (κ1) is 28.3. The second kappa shape index (κ2) is 18.4. The lowest BCUT2D eigenvalue weighted by molar-refractivity contribution is 0.282. The summed E-state index contributed by atoms with van der Waals surface area (Å²) in [5.41, 5.74) is 3.26. The Labute approximate surface area is 208 Å². The maximum absolute atomic E-state index is 14.1. The van der Waals surface area contributed by atoms with Gasteiger partial charge < -0.3 is 4.74 Å². The molecule has 0 aliphatic rings. The third-order valence-electron chi connectivity index (χ3n) is 6.60. The van der Waals surface area contributed by atoms with Gasteiger partial charge >= 0.3 is 0 Å². The molecule has 0 amide bonds. The highest BCUT2D eigenvalue weighted by Gasteiger charge is 2.07. The molecule has 1 aromatic carbocycles. The maximum atomic E-state index is 14.1. The molecule has 0 N–H and O–H groups in total. The van der Waals surface area contributed by atoms with Crippen molar-refractivity contribution in [2.75, 3.05) is 6.61 Å². The van der Waals surface area contributed by atoms with E-state index in [1.807, 2.05) is 18.3 Å². The number of benzene rings is 1. The second-order valence-corrected chi connectivity index (χ2v) is 9.74. The predicted octanol–water partition coefficient (Wildman–Crippen LogP) is 9.90. The summed E-state index contributed by atoms with van der Waals surface area (Å²) in [4.78, 5) is 4.64. The molecule has 0 radical (unpaired) electrons. The molecule has 1 heterocycles.